The Labute approximate surface area is 137 Å². The molecule has 3 atom stereocenters. The molecule has 0 spiro atoms. The SMILES string of the molecule is [B]C[C@H](COP(=O)(OC)O[C@H](C[B])COC(C)C)OC(C)C. The van der Waals surface area contributed by atoms with Gasteiger partial charge in [0, 0.05) is 7.11 Å². The Kier molecular flexibility index (Phi) is 11.7. The van der Waals surface area contributed by atoms with Gasteiger partial charge in [-0.1, -0.05) is 12.6 Å². The van der Waals surface area contributed by atoms with Crippen molar-refractivity contribution in [2.24, 2.45) is 0 Å². The lowest BCUT2D eigenvalue weighted by Crippen LogP contribution is -2.25. The zero-order valence-electron chi connectivity index (χ0n) is 14.2. The molecule has 0 aromatic rings. The summed E-state index contributed by atoms with van der Waals surface area (Å²) in [5.74, 6) is 0. The molecule has 6 nitrogen and oxygen atoms in total. The molecule has 1 unspecified atom stereocenters. The normalized spacial score (nSPS) is 17.6. The number of phosphoric acid groups is 1. The second-order valence-corrected chi connectivity index (χ2v) is 7.04. The van der Waals surface area contributed by atoms with Gasteiger partial charge in [-0.2, -0.15) is 0 Å². The van der Waals surface area contributed by atoms with E-state index < -0.39 is 20.0 Å². The first kappa shape index (κ1) is 22.2. The first-order valence-corrected chi connectivity index (χ1v) is 8.88. The summed E-state index contributed by atoms with van der Waals surface area (Å²) in [6.45, 7) is 7.73. The molecule has 0 N–H and O–H groups in total. The monoisotopic (exact) mass is 332 g/mol. The average molecular weight is 332 g/mol. The van der Waals surface area contributed by atoms with Crippen LogP contribution < -0.4 is 0 Å². The molecule has 0 heterocycles. The van der Waals surface area contributed by atoms with E-state index >= 15 is 0 Å². The van der Waals surface area contributed by atoms with Crippen LogP contribution in [0.4, 0.5) is 0 Å². The van der Waals surface area contributed by atoms with E-state index in [1.54, 1.807) is 0 Å². The van der Waals surface area contributed by atoms with Crippen LogP contribution in [-0.2, 0) is 27.6 Å². The summed E-state index contributed by atoms with van der Waals surface area (Å²) < 4.78 is 38.8. The zero-order valence-corrected chi connectivity index (χ0v) is 15.1. The molecule has 0 aromatic heterocycles. The van der Waals surface area contributed by atoms with Crippen molar-refractivity contribution < 1.29 is 27.6 Å². The van der Waals surface area contributed by atoms with Crippen LogP contribution in [0.2, 0.25) is 12.6 Å². The van der Waals surface area contributed by atoms with Gasteiger partial charge in [-0.3, -0.25) is 13.6 Å². The molecule has 0 aliphatic carbocycles. The Morgan fingerprint density at radius 2 is 1.55 bits per heavy atom. The summed E-state index contributed by atoms with van der Waals surface area (Å²) >= 11 is 0. The highest BCUT2D eigenvalue weighted by Crippen LogP contribution is 2.50. The highest BCUT2D eigenvalue weighted by atomic mass is 31.2. The van der Waals surface area contributed by atoms with Gasteiger partial charge in [0.05, 0.1) is 53.3 Å². The van der Waals surface area contributed by atoms with Crippen molar-refractivity contribution in [3.05, 3.63) is 0 Å². The largest absolute Gasteiger partial charge is 0.474 e. The molecule has 0 saturated carbocycles. The minimum atomic E-state index is -3.74. The Bertz CT molecular complexity index is 330. The second-order valence-electron chi connectivity index (χ2n) is 5.31. The van der Waals surface area contributed by atoms with E-state index in [0.717, 1.165) is 0 Å². The molecule has 0 aliphatic heterocycles. The number of rotatable bonds is 13. The summed E-state index contributed by atoms with van der Waals surface area (Å²) in [5.41, 5.74) is 0. The van der Waals surface area contributed by atoms with Gasteiger partial charge in [0.1, 0.15) is 0 Å². The fraction of sp³-hybridized carbons (Fsp3) is 1.00. The van der Waals surface area contributed by atoms with Gasteiger partial charge in [0.2, 0.25) is 0 Å². The highest BCUT2D eigenvalue weighted by molar-refractivity contribution is 7.48. The predicted molar refractivity (Wildman–Crippen MR) is 87.7 cm³/mol. The zero-order chi connectivity index (χ0) is 17.2. The molecule has 0 aliphatic rings. The lowest BCUT2D eigenvalue weighted by Gasteiger charge is -2.25. The first-order valence-electron chi connectivity index (χ1n) is 7.42. The van der Waals surface area contributed by atoms with E-state index in [9.17, 15) is 4.57 Å². The minimum Gasteiger partial charge on any atom is -0.376 e. The Balaban J connectivity index is 4.50. The van der Waals surface area contributed by atoms with E-state index in [1.807, 2.05) is 27.7 Å². The Hall–Kier alpha value is 0.160. The predicted octanol–water partition coefficient (Wildman–Crippen LogP) is 2.53. The smallest absolute Gasteiger partial charge is 0.376 e. The van der Waals surface area contributed by atoms with Crippen LogP contribution in [0.3, 0.4) is 0 Å². The van der Waals surface area contributed by atoms with Crippen molar-refractivity contribution in [3.8, 4) is 0 Å². The minimum absolute atomic E-state index is 0.00211. The molecule has 0 fully saturated rings. The molecule has 9 heteroatoms. The van der Waals surface area contributed by atoms with Crippen molar-refractivity contribution in [2.75, 3.05) is 20.3 Å². The first-order chi connectivity index (χ1) is 10.3. The third-order valence-electron chi connectivity index (χ3n) is 2.53. The molecule has 0 aromatic carbocycles. The van der Waals surface area contributed by atoms with Gasteiger partial charge in [-0.15, -0.1) is 0 Å². The lowest BCUT2D eigenvalue weighted by atomic mass is 10.00. The van der Waals surface area contributed by atoms with Crippen molar-refractivity contribution in [2.45, 2.75) is 64.8 Å². The van der Waals surface area contributed by atoms with Crippen molar-refractivity contribution in [1.29, 1.82) is 0 Å². The van der Waals surface area contributed by atoms with Crippen molar-refractivity contribution in [1.82, 2.24) is 0 Å². The van der Waals surface area contributed by atoms with Gasteiger partial charge in [-0.05, 0) is 27.7 Å². The van der Waals surface area contributed by atoms with Crippen LogP contribution >= 0.6 is 7.82 Å². The number of ether oxygens (including phenoxy) is 2. The van der Waals surface area contributed by atoms with Crippen molar-refractivity contribution in [3.63, 3.8) is 0 Å². The van der Waals surface area contributed by atoms with Crippen LogP contribution in [0.5, 0.6) is 0 Å². The van der Waals surface area contributed by atoms with Gasteiger partial charge in [-0.25, -0.2) is 4.57 Å². The fourth-order valence-electron chi connectivity index (χ4n) is 1.47. The maximum absolute atomic E-state index is 12.4. The van der Waals surface area contributed by atoms with Crippen LogP contribution in [0.1, 0.15) is 27.7 Å². The molecule has 0 saturated heterocycles. The van der Waals surface area contributed by atoms with Gasteiger partial charge < -0.3 is 9.47 Å². The lowest BCUT2D eigenvalue weighted by molar-refractivity contribution is -0.0262. The molecule has 126 valence electrons. The third-order valence-corrected chi connectivity index (χ3v) is 4.00. The molecular formula is C13H27B2O6P. The standard InChI is InChI=1S/C13H27B2O6P/c1-10(2)18-8-13(7-15)21-22(16,17-5)19-9-12(6-14)20-11(3)4/h10-13H,6-9H2,1-5H3/t12-,13-,22?/m1/s1. The maximum atomic E-state index is 12.4. The summed E-state index contributed by atoms with van der Waals surface area (Å²) in [6.07, 6.45) is -0.617. The van der Waals surface area contributed by atoms with E-state index in [4.69, 9.17) is 38.7 Å². The summed E-state index contributed by atoms with van der Waals surface area (Å²) in [7, 11) is 8.68. The molecule has 0 amide bonds. The molecule has 0 rings (SSSR count). The topological polar surface area (TPSA) is 63.2 Å². The number of hydrogen-bond donors (Lipinski definition) is 0. The molecule has 22 heavy (non-hydrogen) atoms. The van der Waals surface area contributed by atoms with Gasteiger partial charge in [0.15, 0.2) is 0 Å². The van der Waals surface area contributed by atoms with E-state index in [2.05, 4.69) is 0 Å². The number of hydrogen-bond acceptors (Lipinski definition) is 6. The fourth-order valence-corrected chi connectivity index (χ4v) is 2.59. The van der Waals surface area contributed by atoms with Crippen LogP contribution in [0.15, 0.2) is 0 Å². The molecule has 0 bridgehead atoms. The van der Waals surface area contributed by atoms with Gasteiger partial charge >= 0.3 is 7.82 Å². The second kappa shape index (κ2) is 11.7. The summed E-state index contributed by atoms with van der Waals surface area (Å²) in [5, 5.41) is 0. The van der Waals surface area contributed by atoms with Crippen molar-refractivity contribution >= 4 is 23.5 Å². The molecular weight excluding hydrogens is 305 g/mol. The van der Waals surface area contributed by atoms with E-state index in [0.29, 0.717) is 0 Å². The quantitative estimate of drug-likeness (QED) is 0.382. The van der Waals surface area contributed by atoms with E-state index in [1.165, 1.54) is 7.11 Å². The van der Waals surface area contributed by atoms with Crippen LogP contribution in [0, 0.1) is 0 Å². The van der Waals surface area contributed by atoms with Gasteiger partial charge in [0.25, 0.3) is 0 Å². The van der Waals surface area contributed by atoms with Crippen LogP contribution in [-0.4, -0.2) is 60.4 Å². The Morgan fingerprint density at radius 1 is 0.955 bits per heavy atom. The number of phosphoric ester groups is 1. The average Bonchev–Trinajstić information content (AvgIpc) is 2.47. The maximum Gasteiger partial charge on any atom is 0.474 e. The third kappa shape index (κ3) is 10.0. The summed E-state index contributed by atoms with van der Waals surface area (Å²) in [4.78, 5) is 0. The summed E-state index contributed by atoms with van der Waals surface area (Å²) in [6, 6.07) is 0. The van der Waals surface area contributed by atoms with E-state index in [-0.39, 0.29) is 38.1 Å². The molecule has 4 radical (unpaired) electrons. The van der Waals surface area contributed by atoms with Crippen LogP contribution in [0.25, 0.3) is 0 Å². The Morgan fingerprint density at radius 3 is 1.95 bits per heavy atom. The highest BCUT2D eigenvalue weighted by Gasteiger charge is 2.30.